The summed E-state index contributed by atoms with van der Waals surface area (Å²) >= 11 is 1.41. The second-order valence-corrected chi connectivity index (χ2v) is 5.42. The molecule has 0 spiro atoms. The number of aliphatic hydroxyl groups is 1. The van der Waals surface area contributed by atoms with Crippen LogP contribution in [0.5, 0.6) is 0 Å². The fourth-order valence-electron chi connectivity index (χ4n) is 1.49. The van der Waals surface area contributed by atoms with Crippen molar-refractivity contribution >= 4 is 11.3 Å². The Bertz CT molecular complexity index is 543. The van der Waals surface area contributed by atoms with E-state index in [0.717, 1.165) is 11.3 Å². The molecule has 1 heterocycles. The monoisotopic (exact) mass is 251 g/mol. The molecule has 1 N–H and O–H groups in total. The smallest absolute Gasteiger partial charge is 0.126 e. The third kappa shape index (κ3) is 2.53. The second kappa shape index (κ2) is 4.20. The first-order valence-corrected chi connectivity index (χ1v) is 6.21. The summed E-state index contributed by atoms with van der Waals surface area (Å²) in [4.78, 5) is 4.37. The molecule has 0 aliphatic carbocycles. The molecule has 90 valence electrons. The normalized spacial score (nSPS) is 11.8. The highest BCUT2D eigenvalue weighted by Crippen LogP contribution is 2.29. The van der Waals surface area contributed by atoms with Crippen LogP contribution in [0.15, 0.2) is 23.6 Å². The van der Waals surface area contributed by atoms with Crippen molar-refractivity contribution in [3.8, 4) is 11.3 Å². The maximum absolute atomic E-state index is 13.2. The Morgan fingerprint density at radius 2 is 2.06 bits per heavy atom. The van der Waals surface area contributed by atoms with Crippen molar-refractivity contribution in [3.05, 3.63) is 40.0 Å². The van der Waals surface area contributed by atoms with Crippen LogP contribution in [0.4, 0.5) is 4.39 Å². The van der Waals surface area contributed by atoms with Crippen LogP contribution < -0.4 is 0 Å². The summed E-state index contributed by atoms with van der Waals surface area (Å²) in [6.45, 7) is 5.12. The van der Waals surface area contributed by atoms with Gasteiger partial charge in [0.25, 0.3) is 0 Å². The van der Waals surface area contributed by atoms with Crippen molar-refractivity contribution < 1.29 is 9.50 Å². The Labute approximate surface area is 104 Å². The fourth-order valence-corrected chi connectivity index (χ4v) is 2.34. The fraction of sp³-hybridized carbons (Fsp3) is 0.308. The summed E-state index contributed by atoms with van der Waals surface area (Å²) in [7, 11) is 0. The number of nitrogens with zero attached hydrogens (tertiary/aromatic N) is 1. The minimum Gasteiger partial charge on any atom is -0.383 e. The van der Waals surface area contributed by atoms with Crippen molar-refractivity contribution in [3.63, 3.8) is 0 Å². The molecule has 0 atom stereocenters. The molecule has 1 aromatic carbocycles. The van der Waals surface area contributed by atoms with E-state index in [4.69, 9.17) is 0 Å². The van der Waals surface area contributed by atoms with Gasteiger partial charge in [-0.15, -0.1) is 11.3 Å². The van der Waals surface area contributed by atoms with Gasteiger partial charge in [0, 0.05) is 10.9 Å². The van der Waals surface area contributed by atoms with Gasteiger partial charge in [-0.25, -0.2) is 9.37 Å². The molecule has 17 heavy (non-hydrogen) atoms. The topological polar surface area (TPSA) is 33.1 Å². The zero-order chi connectivity index (χ0) is 12.6. The molecular formula is C13H14FNOS. The third-order valence-electron chi connectivity index (χ3n) is 2.48. The van der Waals surface area contributed by atoms with Crippen molar-refractivity contribution in [1.29, 1.82) is 0 Å². The lowest BCUT2D eigenvalue weighted by atomic mass is 10.1. The van der Waals surface area contributed by atoms with Gasteiger partial charge in [-0.05, 0) is 44.5 Å². The molecule has 0 saturated carbocycles. The first-order valence-electron chi connectivity index (χ1n) is 5.33. The quantitative estimate of drug-likeness (QED) is 0.886. The van der Waals surface area contributed by atoms with Crippen LogP contribution in [-0.4, -0.2) is 10.1 Å². The van der Waals surface area contributed by atoms with Crippen molar-refractivity contribution in [2.75, 3.05) is 0 Å². The first kappa shape index (κ1) is 12.2. The molecule has 0 unspecified atom stereocenters. The highest BCUT2D eigenvalue weighted by atomic mass is 32.1. The standard InChI is InChI=1S/C13H14FNOS/c1-8-6-9(4-5-10(8)14)11-7-17-12(15-11)13(2,3)16/h4-7,16H,1-3H3. The van der Waals surface area contributed by atoms with Gasteiger partial charge in [0.05, 0.1) is 5.69 Å². The van der Waals surface area contributed by atoms with Crippen LogP contribution in [0.2, 0.25) is 0 Å². The summed E-state index contributed by atoms with van der Waals surface area (Å²) in [6, 6.07) is 4.90. The lowest BCUT2D eigenvalue weighted by Crippen LogP contribution is -2.14. The molecule has 0 bridgehead atoms. The minimum atomic E-state index is -0.933. The SMILES string of the molecule is Cc1cc(-c2csc(C(C)(C)O)n2)ccc1F. The molecule has 0 fully saturated rings. The molecule has 0 aliphatic heterocycles. The summed E-state index contributed by atoms with van der Waals surface area (Å²) in [6.07, 6.45) is 0. The van der Waals surface area contributed by atoms with E-state index in [1.165, 1.54) is 17.4 Å². The zero-order valence-corrected chi connectivity index (χ0v) is 10.8. The largest absolute Gasteiger partial charge is 0.383 e. The number of aromatic nitrogens is 1. The second-order valence-electron chi connectivity index (χ2n) is 4.56. The summed E-state index contributed by atoms with van der Waals surface area (Å²) < 4.78 is 13.2. The molecule has 0 saturated heterocycles. The molecule has 2 aromatic rings. The predicted molar refractivity (Wildman–Crippen MR) is 67.5 cm³/mol. The molecule has 4 heteroatoms. The van der Waals surface area contributed by atoms with Gasteiger partial charge in [-0.3, -0.25) is 0 Å². The summed E-state index contributed by atoms with van der Waals surface area (Å²) in [5, 5.41) is 12.4. The van der Waals surface area contributed by atoms with E-state index < -0.39 is 5.60 Å². The highest BCUT2D eigenvalue weighted by molar-refractivity contribution is 7.10. The van der Waals surface area contributed by atoms with Gasteiger partial charge in [0.2, 0.25) is 0 Å². The van der Waals surface area contributed by atoms with Crippen LogP contribution in [0, 0.1) is 12.7 Å². The third-order valence-corrected chi connectivity index (χ3v) is 3.64. The Kier molecular flexibility index (Phi) is 3.02. The van der Waals surface area contributed by atoms with E-state index in [2.05, 4.69) is 4.98 Å². The molecule has 1 aromatic heterocycles. The van der Waals surface area contributed by atoms with E-state index in [9.17, 15) is 9.50 Å². The maximum Gasteiger partial charge on any atom is 0.126 e. The van der Waals surface area contributed by atoms with Gasteiger partial charge >= 0.3 is 0 Å². The number of hydrogen-bond acceptors (Lipinski definition) is 3. The summed E-state index contributed by atoms with van der Waals surface area (Å²) in [5.74, 6) is -0.216. The zero-order valence-electron chi connectivity index (χ0n) is 9.99. The molecular weight excluding hydrogens is 237 g/mol. The molecule has 2 rings (SSSR count). The number of thiazole rings is 1. The average Bonchev–Trinajstić information content (AvgIpc) is 2.70. The van der Waals surface area contributed by atoms with Crippen LogP contribution in [0.25, 0.3) is 11.3 Å². The molecule has 0 aliphatic rings. The average molecular weight is 251 g/mol. The van der Waals surface area contributed by atoms with Crippen LogP contribution >= 0.6 is 11.3 Å². The van der Waals surface area contributed by atoms with E-state index in [-0.39, 0.29) is 5.82 Å². The van der Waals surface area contributed by atoms with Crippen molar-refractivity contribution in [2.45, 2.75) is 26.4 Å². The number of rotatable bonds is 2. The summed E-state index contributed by atoms with van der Waals surface area (Å²) in [5.41, 5.74) is 1.31. The number of aryl methyl sites for hydroxylation is 1. The molecule has 0 amide bonds. The molecule has 2 nitrogen and oxygen atoms in total. The Morgan fingerprint density at radius 1 is 1.35 bits per heavy atom. The van der Waals surface area contributed by atoms with E-state index in [1.54, 1.807) is 32.9 Å². The van der Waals surface area contributed by atoms with Crippen LogP contribution in [0.3, 0.4) is 0 Å². The Balaban J connectivity index is 2.40. The van der Waals surface area contributed by atoms with Crippen LogP contribution in [-0.2, 0) is 5.60 Å². The van der Waals surface area contributed by atoms with E-state index in [1.807, 2.05) is 5.38 Å². The minimum absolute atomic E-state index is 0.216. The Hall–Kier alpha value is -1.26. The number of benzene rings is 1. The molecule has 0 radical (unpaired) electrons. The first-order chi connectivity index (χ1) is 7.88. The number of hydrogen-bond donors (Lipinski definition) is 1. The van der Waals surface area contributed by atoms with Gasteiger partial charge in [-0.1, -0.05) is 0 Å². The lowest BCUT2D eigenvalue weighted by molar-refractivity contribution is 0.0783. The van der Waals surface area contributed by atoms with Gasteiger partial charge in [-0.2, -0.15) is 0 Å². The van der Waals surface area contributed by atoms with E-state index >= 15 is 0 Å². The van der Waals surface area contributed by atoms with Crippen molar-refractivity contribution in [2.24, 2.45) is 0 Å². The Morgan fingerprint density at radius 3 is 2.59 bits per heavy atom. The van der Waals surface area contributed by atoms with Gasteiger partial charge in [0.1, 0.15) is 16.4 Å². The maximum atomic E-state index is 13.2. The van der Waals surface area contributed by atoms with Crippen molar-refractivity contribution in [1.82, 2.24) is 4.98 Å². The van der Waals surface area contributed by atoms with Crippen LogP contribution in [0.1, 0.15) is 24.4 Å². The van der Waals surface area contributed by atoms with E-state index in [0.29, 0.717) is 10.6 Å². The highest BCUT2D eigenvalue weighted by Gasteiger charge is 2.20. The number of halogens is 1. The van der Waals surface area contributed by atoms with Gasteiger partial charge < -0.3 is 5.11 Å². The van der Waals surface area contributed by atoms with Gasteiger partial charge in [0.15, 0.2) is 0 Å². The lowest BCUT2D eigenvalue weighted by Gasteiger charge is -2.12. The predicted octanol–water partition coefficient (Wildman–Crippen LogP) is 3.49.